The van der Waals surface area contributed by atoms with Crippen LogP contribution in [0.25, 0.3) is 0 Å². The number of carbonyl (C=O) groups is 3. The highest BCUT2D eigenvalue weighted by atomic mass is 35.5. The zero-order valence-corrected chi connectivity index (χ0v) is 23.6. The van der Waals surface area contributed by atoms with E-state index in [4.69, 9.17) is 32.7 Å². The van der Waals surface area contributed by atoms with Crippen LogP contribution in [0.5, 0.6) is 5.75 Å². The van der Waals surface area contributed by atoms with Crippen molar-refractivity contribution in [2.24, 2.45) is 0 Å². The van der Waals surface area contributed by atoms with Crippen molar-refractivity contribution in [3.63, 3.8) is 0 Å². The van der Waals surface area contributed by atoms with Crippen LogP contribution in [-0.4, -0.2) is 109 Å². The summed E-state index contributed by atoms with van der Waals surface area (Å²) < 4.78 is 11.7. The van der Waals surface area contributed by atoms with Gasteiger partial charge in [-0.1, -0.05) is 29.3 Å². The second kappa shape index (κ2) is 11.3. The normalized spacial score (nSPS) is 21.3. The lowest BCUT2D eigenvalue weighted by molar-refractivity contribution is -0.139. The molecular formula is C28H32Cl2N4O5. The predicted molar refractivity (Wildman–Crippen MR) is 147 cm³/mol. The second-order valence-electron chi connectivity index (χ2n) is 10.2. The molecule has 3 aliphatic heterocycles. The number of piperazine rings is 1. The van der Waals surface area contributed by atoms with E-state index in [9.17, 15) is 14.4 Å². The summed E-state index contributed by atoms with van der Waals surface area (Å²) >= 11 is 12.2. The van der Waals surface area contributed by atoms with Crippen molar-refractivity contribution in [2.75, 3.05) is 60.0 Å². The van der Waals surface area contributed by atoms with E-state index in [-0.39, 0.29) is 24.3 Å². The van der Waals surface area contributed by atoms with E-state index in [1.54, 1.807) is 59.4 Å². The van der Waals surface area contributed by atoms with Crippen LogP contribution in [0, 0.1) is 0 Å². The van der Waals surface area contributed by atoms with Gasteiger partial charge in [0, 0.05) is 63.2 Å². The van der Waals surface area contributed by atoms with Crippen LogP contribution in [0.4, 0.5) is 0 Å². The molecule has 2 aromatic carbocycles. The first kappa shape index (κ1) is 27.7. The lowest BCUT2D eigenvalue weighted by Crippen LogP contribution is -2.61. The van der Waals surface area contributed by atoms with E-state index >= 15 is 0 Å². The van der Waals surface area contributed by atoms with Gasteiger partial charge < -0.3 is 24.2 Å². The van der Waals surface area contributed by atoms with Crippen LogP contribution >= 0.6 is 23.2 Å². The summed E-state index contributed by atoms with van der Waals surface area (Å²) in [7, 11) is 3.57. The maximum atomic E-state index is 14.0. The van der Waals surface area contributed by atoms with Crippen LogP contribution in [0.15, 0.2) is 42.5 Å². The first-order valence-corrected chi connectivity index (χ1v) is 13.8. The maximum absolute atomic E-state index is 14.0. The quantitative estimate of drug-likeness (QED) is 0.557. The number of benzene rings is 2. The molecule has 11 heteroatoms. The third kappa shape index (κ3) is 5.45. The minimum absolute atomic E-state index is 0.106. The summed E-state index contributed by atoms with van der Waals surface area (Å²) in [5.74, 6) is -0.00943. The maximum Gasteiger partial charge on any atom is 0.257 e. The molecule has 3 amide bonds. The average Bonchev–Trinajstić information content (AvgIpc) is 3.32. The number of piperidine rings is 1. The van der Waals surface area contributed by atoms with Gasteiger partial charge in [0.15, 0.2) is 0 Å². The van der Waals surface area contributed by atoms with Crippen molar-refractivity contribution in [2.45, 2.75) is 24.6 Å². The van der Waals surface area contributed by atoms with Gasteiger partial charge in [0.1, 0.15) is 17.5 Å². The van der Waals surface area contributed by atoms with Crippen molar-refractivity contribution < 1.29 is 23.9 Å². The number of hydrogen-bond donors (Lipinski definition) is 0. The number of rotatable bonds is 4. The number of carbonyl (C=O) groups excluding carboxylic acids is 3. The predicted octanol–water partition coefficient (Wildman–Crippen LogP) is 3.25. The third-order valence-corrected chi connectivity index (χ3v) is 8.63. The molecule has 0 N–H and O–H groups in total. The van der Waals surface area contributed by atoms with E-state index in [0.29, 0.717) is 65.9 Å². The summed E-state index contributed by atoms with van der Waals surface area (Å²) in [6.07, 6.45) is 0.755. The Bertz CT molecular complexity index is 1260. The number of amides is 3. The smallest absolute Gasteiger partial charge is 0.257 e. The largest absolute Gasteiger partial charge is 0.497 e. The monoisotopic (exact) mass is 574 g/mol. The molecule has 0 saturated carbocycles. The number of ether oxygens (including phenoxy) is 2. The number of nitrogens with zero attached hydrogens (tertiary/aromatic N) is 4. The summed E-state index contributed by atoms with van der Waals surface area (Å²) in [4.78, 5) is 48.3. The summed E-state index contributed by atoms with van der Waals surface area (Å²) in [5, 5.41) is 0.698. The van der Waals surface area contributed by atoms with E-state index in [0.717, 1.165) is 13.1 Å². The number of hydrogen-bond acceptors (Lipinski definition) is 6. The molecule has 3 heterocycles. The Morgan fingerprint density at radius 2 is 1.56 bits per heavy atom. The highest BCUT2D eigenvalue weighted by Gasteiger charge is 2.55. The van der Waals surface area contributed by atoms with Crippen molar-refractivity contribution >= 4 is 40.9 Å². The number of likely N-dealkylation sites (N-methyl/N-ethyl adjacent to an activating group) is 1. The fraction of sp³-hybridized carbons (Fsp3) is 0.464. The fourth-order valence-corrected chi connectivity index (χ4v) is 5.86. The SMILES string of the molecule is COc1cccc(C(=O)N2C(C(=O)N3CCN(C)CC3)COC23CCN(C(=O)c2ccc(Cl)c(Cl)c2)CC3)c1. The highest BCUT2D eigenvalue weighted by Crippen LogP contribution is 2.39. The molecule has 0 radical (unpaired) electrons. The zero-order valence-electron chi connectivity index (χ0n) is 22.1. The van der Waals surface area contributed by atoms with Gasteiger partial charge in [-0.2, -0.15) is 0 Å². The van der Waals surface area contributed by atoms with Gasteiger partial charge in [-0.25, -0.2) is 0 Å². The second-order valence-corrected chi connectivity index (χ2v) is 11.0. The average molecular weight is 575 g/mol. The molecule has 2 aromatic rings. The van der Waals surface area contributed by atoms with Gasteiger partial charge >= 0.3 is 0 Å². The van der Waals surface area contributed by atoms with Crippen LogP contribution in [0.2, 0.25) is 10.0 Å². The lowest BCUT2D eigenvalue weighted by Gasteiger charge is -2.45. The van der Waals surface area contributed by atoms with Crippen molar-refractivity contribution in [3.8, 4) is 5.75 Å². The zero-order chi connectivity index (χ0) is 27.7. The Kier molecular flexibility index (Phi) is 8.05. The molecule has 0 bridgehead atoms. The van der Waals surface area contributed by atoms with Gasteiger partial charge in [0.2, 0.25) is 5.91 Å². The molecule has 0 aromatic heterocycles. The molecule has 1 unspecified atom stereocenters. The van der Waals surface area contributed by atoms with Gasteiger partial charge in [0.25, 0.3) is 11.8 Å². The van der Waals surface area contributed by atoms with Gasteiger partial charge in [-0.15, -0.1) is 0 Å². The topological polar surface area (TPSA) is 82.6 Å². The molecule has 208 valence electrons. The standard InChI is InChI=1S/C28H32Cl2N4O5/c1-31-12-14-33(15-13-31)27(37)24-18-39-28(34(24)26(36)19-4-3-5-21(16-19)38-2)8-10-32(11-9-28)25(35)20-6-7-22(29)23(30)17-20/h3-7,16-17,24H,8-15,18H2,1-2H3. The lowest BCUT2D eigenvalue weighted by atomic mass is 9.96. The van der Waals surface area contributed by atoms with Crippen molar-refractivity contribution in [1.82, 2.24) is 19.6 Å². The molecule has 9 nitrogen and oxygen atoms in total. The van der Waals surface area contributed by atoms with Gasteiger partial charge in [-0.05, 0) is 43.4 Å². The number of halogens is 2. The summed E-state index contributed by atoms with van der Waals surface area (Å²) in [5.41, 5.74) is -0.133. The van der Waals surface area contributed by atoms with Crippen LogP contribution in [0.3, 0.4) is 0 Å². The van der Waals surface area contributed by atoms with Gasteiger partial charge in [-0.3, -0.25) is 19.3 Å². The Hall–Kier alpha value is -2.85. The first-order chi connectivity index (χ1) is 18.7. The summed E-state index contributed by atoms with van der Waals surface area (Å²) in [6, 6.07) is 11.0. The minimum Gasteiger partial charge on any atom is -0.497 e. The Morgan fingerprint density at radius 3 is 2.23 bits per heavy atom. The van der Waals surface area contributed by atoms with Gasteiger partial charge in [0.05, 0.1) is 23.8 Å². The molecule has 5 rings (SSSR count). The van der Waals surface area contributed by atoms with E-state index in [1.165, 1.54) is 0 Å². The fourth-order valence-electron chi connectivity index (χ4n) is 5.56. The number of likely N-dealkylation sites (tertiary alicyclic amines) is 1. The molecule has 3 saturated heterocycles. The van der Waals surface area contributed by atoms with Crippen LogP contribution < -0.4 is 4.74 Å². The van der Waals surface area contributed by atoms with E-state index in [2.05, 4.69) is 4.90 Å². The Balaban J connectivity index is 1.39. The summed E-state index contributed by atoms with van der Waals surface area (Å²) in [6.45, 7) is 3.59. The Morgan fingerprint density at radius 1 is 0.872 bits per heavy atom. The van der Waals surface area contributed by atoms with Crippen LogP contribution in [-0.2, 0) is 9.53 Å². The Labute approximate surface area is 238 Å². The van der Waals surface area contributed by atoms with E-state index in [1.807, 2.05) is 11.9 Å². The molecule has 0 aliphatic carbocycles. The number of methoxy groups -OCH3 is 1. The molecule has 3 aliphatic rings. The van der Waals surface area contributed by atoms with E-state index < -0.39 is 11.8 Å². The molecule has 1 atom stereocenters. The molecule has 3 fully saturated rings. The van der Waals surface area contributed by atoms with Crippen molar-refractivity contribution in [3.05, 3.63) is 63.6 Å². The minimum atomic E-state index is -0.999. The van der Waals surface area contributed by atoms with Crippen molar-refractivity contribution in [1.29, 1.82) is 0 Å². The molecular weight excluding hydrogens is 543 g/mol. The highest BCUT2D eigenvalue weighted by molar-refractivity contribution is 6.42. The first-order valence-electron chi connectivity index (χ1n) is 13.1. The van der Waals surface area contributed by atoms with Crippen LogP contribution in [0.1, 0.15) is 33.6 Å². The third-order valence-electron chi connectivity index (χ3n) is 7.89. The molecule has 1 spiro atoms. The molecule has 39 heavy (non-hydrogen) atoms.